The smallest absolute Gasteiger partial charge is 0.242 e. The molecule has 6 nitrogen and oxygen atoms in total. The second-order valence-corrected chi connectivity index (χ2v) is 4.28. The van der Waals surface area contributed by atoms with Crippen LogP contribution in [0.2, 0.25) is 0 Å². The van der Waals surface area contributed by atoms with Crippen molar-refractivity contribution in [2.45, 2.75) is 45.3 Å². The van der Waals surface area contributed by atoms with Crippen LogP contribution in [-0.4, -0.2) is 43.7 Å². The molecule has 0 heterocycles. The number of amides is 2. The fourth-order valence-electron chi connectivity index (χ4n) is 1.17. The number of hydrogen-bond donors (Lipinski definition) is 3. The molecule has 0 fully saturated rings. The van der Waals surface area contributed by atoms with E-state index in [0.717, 1.165) is 0 Å². The zero-order valence-electron chi connectivity index (χ0n) is 10.9. The van der Waals surface area contributed by atoms with Gasteiger partial charge >= 0.3 is 0 Å². The first kappa shape index (κ1) is 15.9. The fourth-order valence-corrected chi connectivity index (χ4v) is 1.17. The first-order valence-corrected chi connectivity index (χ1v) is 5.73. The van der Waals surface area contributed by atoms with E-state index in [4.69, 9.17) is 10.5 Å². The summed E-state index contributed by atoms with van der Waals surface area (Å²) in [6.07, 6.45) is 0.431. The van der Waals surface area contributed by atoms with E-state index in [1.807, 2.05) is 13.8 Å². The Morgan fingerprint density at radius 1 is 1.18 bits per heavy atom. The van der Waals surface area contributed by atoms with Crippen molar-refractivity contribution >= 4 is 11.8 Å². The van der Waals surface area contributed by atoms with Gasteiger partial charge in [-0.1, -0.05) is 0 Å². The maximum absolute atomic E-state index is 11.6. The molecule has 6 heteroatoms. The molecule has 2 unspecified atom stereocenters. The van der Waals surface area contributed by atoms with Gasteiger partial charge in [-0.15, -0.1) is 0 Å². The predicted octanol–water partition coefficient (Wildman–Crippen LogP) is -0.620. The van der Waals surface area contributed by atoms with Gasteiger partial charge in [-0.2, -0.15) is 0 Å². The van der Waals surface area contributed by atoms with Crippen LogP contribution >= 0.6 is 0 Å². The molecule has 0 radical (unpaired) electrons. The van der Waals surface area contributed by atoms with E-state index in [1.165, 1.54) is 0 Å². The van der Waals surface area contributed by atoms with Crippen molar-refractivity contribution in [2.75, 3.05) is 13.7 Å². The van der Waals surface area contributed by atoms with Gasteiger partial charge < -0.3 is 21.1 Å². The summed E-state index contributed by atoms with van der Waals surface area (Å²) in [5.74, 6) is -0.555. The molecule has 2 atom stereocenters. The number of methoxy groups -OCH3 is 1. The Labute approximate surface area is 102 Å². The second kappa shape index (κ2) is 8.03. The summed E-state index contributed by atoms with van der Waals surface area (Å²) in [7, 11) is 1.54. The zero-order chi connectivity index (χ0) is 13.4. The fraction of sp³-hybridized carbons (Fsp3) is 0.818. The SMILES string of the molecule is COCCC(N)C(=O)NC(C)C(=O)NC(C)C. The number of carbonyl (C=O) groups excluding carboxylic acids is 2. The Hall–Kier alpha value is -1.14. The molecule has 0 aliphatic carbocycles. The third-order valence-electron chi connectivity index (χ3n) is 2.15. The minimum Gasteiger partial charge on any atom is -0.385 e. The largest absolute Gasteiger partial charge is 0.385 e. The third-order valence-corrected chi connectivity index (χ3v) is 2.15. The summed E-state index contributed by atoms with van der Waals surface area (Å²) in [6, 6.07) is -1.19. The molecule has 4 N–H and O–H groups in total. The zero-order valence-corrected chi connectivity index (χ0v) is 10.9. The quantitative estimate of drug-likeness (QED) is 0.557. The Morgan fingerprint density at radius 3 is 2.24 bits per heavy atom. The Bertz CT molecular complexity index is 256. The van der Waals surface area contributed by atoms with Crippen LogP contribution in [0.1, 0.15) is 27.2 Å². The molecule has 0 bridgehead atoms. The number of hydrogen-bond acceptors (Lipinski definition) is 4. The van der Waals surface area contributed by atoms with Crippen LogP contribution in [0.25, 0.3) is 0 Å². The minimum absolute atomic E-state index is 0.0454. The lowest BCUT2D eigenvalue weighted by Gasteiger charge is -2.18. The van der Waals surface area contributed by atoms with Gasteiger partial charge in [-0.3, -0.25) is 9.59 Å². The molecule has 0 saturated carbocycles. The number of nitrogens with two attached hydrogens (primary N) is 1. The van der Waals surface area contributed by atoms with Gasteiger partial charge in [0, 0.05) is 19.8 Å². The molecule has 0 aliphatic rings. The van der Waals surface area contributed by atoms with Crippen molar-refractivity contribution in [1.82, 2.24) is 10.6 Å². The van der Waals surface area contributed by atoms with Gasteiger partial charge in [-0.25, -0.2) is 0 Å². The molecule has 2 amide bonds. The topological polar surface area (TPSA) is 93.4 Å². The second-order valence-electron chi connectivity index (χ2n) is 4.28. The normalized spacial score (nSPS) is 14.2. The number of rotatable bonds is 7. The molecule has 100 valence electrons. The molecule has 0 aromatic carbocycles. The maximum Gasteiger partial charge on any atom is 0.242 e. The van der Waals surface area contributed by atoms with Gasteiger partial charge in [0.2, 0.25) is 11.8 Å². The number of ether oxygens (including phenoxy) is 1. The van der Waals surface area contributed by atoms with E-state index in [2.05, 4.69) is 10.6 Å². The van der Waals surface area contributed by atoms with Crippen LogP contribution in [-0.2, 0) is 14.3 Å². The first-order valence-electron chi connectivity index (χ1n) is 5.73. The average molecular weight is 245 g/mol. The van der Waals surface area contributed by atoms with E-state index in [9.17, 15) is 9.59 Å². The van der Waals surface area contributed by atoms with E-state index in [1.54, 1.807) is 14.0 Å². The van der Waals surface area contributed by atoms with Crippen molar-refractivity contribution in [2.24, 2.45) is 5.73 Å². The van der Waals surface area contributed by atoms with Crippen LogP contribution in [0.3, 0.4) is 0 Å². The lowest BCUT2D eigenvalue weighted by atomic mass is 10.2. The Morgan fingerprint density at radius 2 is 1.76 bits per heavy atom. The average Bonchev–Trinajstić information content (AvgIpc) is 2.24. The van der Waals surface area contributed by atoms with Crippen molar-refractivity contribution in [1.29, 1.82) is 0 Å². The molecule has 0 spiro atoms. The molecule has 0 aliphatic heterocycles. The molecule has 0 rings (SSSR count). The maximum atomic E-state index is 11.6. The molecule has 0 saturated heterocycles. The van der Waals surface area contributed by atoms with Crippen LogP contribution in [0, 0.1) is 0 Å². The van der Waals surface area contributed by atoms with Crippen molar-refractivity contribution < 1.29 is 14.3 Å². The van der Waals surface area contributed by atoms with Crippen LogP contribution < -0.4 is 16.4 Å². The lowest BCUT2D eigenvalue weighted by molar-refractivity contribution is -0.129. The highest BCUT2D eigenvalue weighted by molar-refractivity contribution is 5.89. The Kier molecular flexibility index (Phi) is 7.49. The minimum atomic E-state index is -0.649. The molecule has 17 heavy (non-hydrogen) atoms. The number of nitrogens with one attached hydrogen (secondary N) is 2. The summed E-state index contributed by atoms with van der Waals surface area (Å²) in [4.78, 5) is 23.1. The molecule has 0 aromatic rings. The number of carbonyl (C=O) groups is 2. The Balaban J connectivity index is 4.05. The predicted molar refractivity (Wildman–Crippen MR) is 65.4 cm³/mol. The monoisotopic (exact) mass is 245 g/mol. The standard InChI is InChI=1S/C11H23N3O3/c1-7(2)13-10(15)8(3)14-11(16)9(12)5-6-17-4/h7-9H,5-6,12H2,1-4H3,(H,13,15)(H,14,16). The summed E-state index contributed by atoms with van der Waals surface area (Å²) < 4.78 is 4.83. The molecular formula is C11H23N3O3. The van der Waals surface area contributed by atoms with Gasteiger partial charge in [0.15, 0.2) is 0 Å². The third kappa shape index (κ3) is 6.91. The summed E-state index contributed by atoms with van der Waals surface area (Å²) in [5, 5.41) is 5.27. The molecule has 0 aromatic heterocycles. The van der Waals surface area contributed by atoms with E-state index in [-0.39, 0.29) is 17.9 Å². The summed E-state index contributed by atoms with van der Waals surface area (Å²) in [5.41, 5.74) is 5.63. The van der Waals surface area contributed by atoms with Crippen molar-refractivity contribution in [3.63, 3.8) is 0 Å². The van der Waals surface area contributed by atoms with E-state index < -0.39 is 12.1 Å². The van der Waals surface area contributed by atoms with Gasteiger partial charge in [-0.05, 0) is 27.2 Å². The van der Waals surface area contributed by atoms with Crippen molar-refractivity contribution in [3.8, 4) is 0 Å². The van der Waals surface area contributed by atoms with Crippen molar-refractivity contribution in [3.05, 3.63) is 0 Å². The summed E-state index contributed by atoms with van der Waals surface area (Å²) in [6.45, 7) is 5.76. The highest BCUT2D eigenvalue weighted by atomic mass is 16.5. The first-order chi connectivity index (χ1) is 7.88. The lowest BCUT2D eigenvalue weighted by Crippen LogP contribution is -2.51. The van der Waals surface area contributed by atoms with Gasteiger partial charge in [0.25, 0.3) is 0 Å². The van der Waals surface area contributed by atoms with E-state index in [0.29, 0.717) is 13.0 Å². The summed E-state index contributed by atoms with van der Waals surface area (Å²) >= 11 is 0. The van der Waals surface area contributed by atoms with Crippen LogP contribution in [0.4, 0.5) is 0 Å². The highest BCUT2D eigenvalue weighted by Crippen LogP contribution is 1.92. The van der Waals surface area contributed by atoms with E-state index >= 15 is 0 Å². The van der Waals surface area contributed by atoms with Gasteiger partial charge in [0.1, 0.15) is 6.04 Å². The van der Waals surface area contributed by atoms with Crippen LogP contribution in [0.5, 0.6) is 0 Å². The highest BCUT2D eigenvalue weighted by Gasteiger charge is 2.19. The van der Waals surface area contributed by atoms with Crippen LogP contribution in [0.15, 0.2) is 0 Å². The van der Waals surface area contributed by atoms with Gasteiger partial charge in [0.05, 0.1) is 6.04 Å². The molecular weight excluding hydrogens is 222 g/mol.